The second kappa shape index (κ2) is 9.00. The van der Waals surface area contributed by atoms with E-state index in [2.05, 4.69) is 16.2 Å². The van der Waals surface area contributed by atoms with Crippen molar-refractivity contribution in [1.82, 2.24) is 15.8 Å². The van der Waals surface area contributed by atoms with Crippen LogP contribution in [0.3, 0.4) is 0 Å². The third-order valence-electron chi connectivity index (χ3n) is 7.10. The van der Waals surface area contributed by atoms with Gasteiger partial charge in [-0.05, 0) is 61.1 Å². The molecule has 32 heavy (non-hydrogen) atoms. The molecule has 4 atom stereocenters. The van der Waals surface area contributed by atoms with Crippen LogP contribution in [-0.2, 0) is 9.59 Å². The summed E-state index contributed by atoms with van der Waals surface area (Å²) in [5.41, 5.74) is 8.86. The molecule has 3 fully saturated rings. The number of benzene rings is 2. The SMILES string of the molecule is O=C(Nc1ccc(-c2cccc(F)c2)cc1)C1CCCN(C(=O)C2NNC3CCCC32)C1. The van der Waals surface area contributed by atoms with Gasteiger partial charge in [-0.2, -0.15) is 0 Å². The lowest BCUT2D eigenvalue weighted by Gasteiger charge is -2.34. The molecule has 2 saturated heterocycles. The fraction of sp³-hybridized carbons (Fsp3) is 0.440. The standard InChI is InChI=1S/C25H29FN4O2/c26-19-6-1-4-17(14-19)16-9-11-20(12-10-16)27-24(31)18-5-3-13-30(15-18)25(32)23-21-7-2-8-22(21)28-29-23/h1,4,6,9-12,14,18,21-23,28-29H,2-3,5,7-8,13,15H2,(H,27,31). The highest BCUT2D eigenvalue weighted by atomic mass is 19.1. The van der Waals surface area contributed by atoms with E-state index in [4.69, 9.17) is 0 Å². The van der Waals surface area contributed by atoms with Crippen molar-refractivity contribution in [3.8, 4) is 11.1 Å². The van der Waals surface area contributed by atoms with Crippen LogP contribution >= 0.6 is 0 Å². The first-order valence-electron chi connectivity index (χ1n) is 11.6. The molecule has 168 valence electrons. The number of carbonyl (C=O) groups is 2. The summed E-state index contributed by atoms with van der Waals surface area (Å²) in [5.74, 6) is -0.0814. The number of nitrogens with zero attached hydrogens (tertiary/aromatic N) is 1. The number of halogens is 1. The van der Waals surface area contributed by atoms with E-state index in [0.717, 1.165) is 43.2 Å². The van der Waals surface area contributed by atoms with E-state index in [1.54, 1.807) is 6.07 Å². The van der Waals surface area contributed by atoms with E-state index < -0.39 is 0 Å². The Kier molecular flexibility index (Phi) is 5.93. The molecular weight excluding hydrogens is 407 g/mol. The van der Waals surface area contributed by atoms with Crippen LogP contribution in [0.15, 0.2) is 48.5 Å². The average molecular weight is 437 g/mol. The third-order valence-corrected chi connectivity index (χ3v) is 7.10. The molecule has 0 radical (unpaired) electrons. The molecule has 4 unspecified atom stereocenters. The van der Waals surface area contributed by atoms with Gasteiger partial charge in [-0.3, -0.25) is 15.0 Å². The van der Waals surface area contributed by atoms with Gasteiger partial charge < -0.3 is 10.2 Å². The molecule has 3 N–H and O–H groups in total. The van der Waals surface area contributed by atoms with E-state index in [0.29, 0.717) is 30.7 Å². The first kappa shape index (κ1) is 21.1. The van der Waals surface area contributed by atoms with Crippen molar-refractivity contribution < 1.29 is 14.0 Å². The fourth-order valence-corrected chi connectivity index (χ4v) is 5.36. The minimum atomic E-state index is -0.275. The predicted octanol–water partition coefficient (Wildman–Crippen LogP) is 3.31. The maximum absolute atomic E-state index is 13.5. The zero-order valence-electron chi connectivity index (χ0n) is 18.0. The summed E-state index contributed by atoms with van der Waals surface area (Å²) in [6.07, 6.45) is 4.96. The van der Waals surface area contributed by atoms with Crippen LogP contribution < -0.4 is 16.2 Å². The smallest absolute Gasteiger partial charge is 0.241 e. The lowest BCUT2D eigenvalue weighted by atomic mass is 9.93. The van der Waals surface area contributed by atoms with E-state index in [1.165, 1.54) is 12.1 Å². The van der Waals surface area contributed by atoms with Crippen LogP contribution in [0.5, 0.6) is 0 Å². The van der Waals surface area contributed by atoms with Crippen LogP contribution in [0, 0.1) is 17.7 Å². The van der Waals surface area contributed by atoms with Gasteiger partial charge in [-0.25, -0.2) is 9.82 Å². The summed E-state index contributed by atoms with van der Waals surface area (Å²) in [7, 11) is 0. The van der Waals surface area contributed by atoms with Crippen molar-refractivity contribution in [2.45, 2.75) is 44.2 Å². The van der Waals surface area contributed by atoms with Gasteiger partial charge in [-0.1, -0.05) is 30.7 Å². The number of hydrazine groups is 1. The average Bonchev–Trinajstić information content (AvgIpc) is 3.43. The van der Waals surface area contributed by atoms with Gasteiger partial charge in [0.05, 0.1) is 5.92 Å². The lowest BCUT2D eigenvalue weighted by molar-refractivity contribution is -0.137. The molecule has 2 aromatic carbocycles. The Balaban J connectivity index is 1.19. The lowest BCUT2D eigenvalue weighted by Crippen LogP contribution is -2.52. The van der Waals surface area contributed by atoms with Crippen molar-refractivity contribution in [2.24, 2.45) is 11.8 Å². The van der Waals surface area contributed by atoms with Crippen molar-refractivity contribution in [3.63, 3.8) is 0 Å². The summed E-state index contributed by atoms with van der Waals surface area (Å²) in [6.45, 7) is 1.17. The molecule has 2 aromatic rings. The monoisotopic (exact) mass is 436 g/mol. The maximum atomic E-state index is 13.5. The molecule has 1 saturated carbocycles. The van der Waals surface area contributed by atoms with Crippen LogP contribution in [-0.4, -0.2) is 41.9 Å². The van der Waals surface area contributed by atoms with Gasteiger partial charge in [0.15, 0.2) is 0 Å². The zero-order valence-corrected chi connectivity index (χ0v) is 18.0. The van der Waals surface area contributed by atoms with E-state index in [9.17, 15) is 14.0 Å². The third kappa shape index (κ3) is 4.27. The number of rotatable bonds is 4. The number of anilines is 1. The molecule has 0 aromatic heterocycles. The Labute approximate surface area is 187 Å². The molecule has 0 spiro atoms. The Morgan fingerprint density at radius 2 is 1.81 bits per heavy atom. The molecule has 2 aliphatic heterocycles. The van der Waals surface area contributed by atoms with Gasteiger partial charge in [0.25, 0.3) is 0 Å². The summed E-state index contributed by atoms with van der Waals surface area (Å²) in [6, 6.07) is 14.1. The molecule has 2 amide bonds. The second-order valence-electron chi connectivity index (χ2n) is 9.17. The Morgan fingerprint density at radius 3 is 2.62 bits per heavy atom. The van der Waals surface area contributed by atoms with Gasteiger partial charge in [0.2, 0.25) is 11.8 Å². The molecule has 1 aliphatic carbocycles. The highest BCUT2D eigenvalue weighted by molar-refractivity contribution is 5.93. The van der Waals surface area contributed by atoms with Crippen LogP contribution in [0.1, 0.15) is 32.1 Å². The number of fused-ring (bicyclic) bond motifs is 1. The molecule has 0 bridgehead atoms. The minimum Gasteiger partial charge on any atom is -0.340 e. The minimum absolute atomic E-state index is 0.0581. The number of likely N-dealkylation sites (tertiary alicyclic amines) is 1. The molecular formula is C25H29FN4O2. The molecule has 3 aliphatic rings. The molecule has 2 heterocycles. The van der Waals surface area contributed by atoms with E-state index in [-0.39, 0.29) is 29.6 Å². The number of piperidine rings is 1. The van der Waals surface area contributed by atoms with Gasteiger partial charge in [-0.15, -0.1) is 0 Å². The second-order valence-corrected chi connectivity index (χ2v) is 9.17. The Bertz CT molecular complexity index is 996. The van der Waals surface area contributed by atoms with Crippen LogP contribution in [0.2, 0.25) is 0 Å². The fourth-order valence-electron chi connectivity index (χ4n) is 5.36. The maximum Gasteiger partial charge on any atom is 0.241 e. The summed E-state index contributed by atoms with van der Waals surface area (Å²) in [5, 5.41) is 2.99. The topological polar surface area (TPSA) is 73.5 Å². The molecule has 5 rings (SSSR count). The van der Waals surface area contributed by atoms with Gasteiger partial charge in [0.1, 0.15) is 11.9 Å². The number of hydrogen-bond donors (Lipinski definition) is 3. The van der Waals surface area contributed by atoms with Gasteiger partial charge >= 0.3 is 0 Å². The normalized spacial score (nSPS) is 27.2. The first-order chi connectivity index (χ1) is 15.6. The molecule has 7 heteroatoms. The summed E-state index contributed by atoms with van der Waals surface area (Å²) >= 11 is 0. The Hall–Kier alpha value is -2.77. The highest BCUT2D eigenvalue weighted by Gasteiger charge is 2.44. The number of nitrogens with one attached hydrogen (secondary N) is 3. The van der Waals surface area contributed by atoms with E-state index in [1.807, 2.05) is 35.2 Å². The van der Waals surface area contributed by atoms with Crippen molar-refractivity contribution in [3.05, 3.63) is 54.3 Å². The van der Waals surface area contributed by atoms with Gasteiger partial charge in [0, 0.05) is 30.7 Å². The number of carbonyl (C=O) groups excluding carboxylic acids is 2. The van der Waals surface area contributed by atoms with Crippen molar-refractivity contribution in [1.29, 1.82) is 0 Å². The Morgan fingerprint density at radius 1 is 0.969 bits per heavy atom. The summed E-state index contributed by atoms with van der Waals surface area (Å²) < 4.78 is 13.5. The molecule has 6 nitrogen and oxygen atoms in total. The van der Waals surface area contributed by atoms with Crippen LogP contribution in [0.4, 0.5) is 10.1 Å². The quantitative estimate of drug-likeness (QED) is 0.688. The largest absolute Gasteiger partial charge is 0.340 e. The van der Waals surface area contributed by atoms with Crippen molar-refractivity contribution >= 4 is 17.5 Å². The number of amides is 2. The van der Waals surface area contributed by atoms with Crippen molar-refractivity contribution in [2.75, 3.05) is 18.4 Å². The zero-order chi connectivity index (χ0) is 22.1. The highest BCUT2D eigenvalue weighted by Crippen LogP contribution is 2.33. The van der Waals surface area contributed by atoms with Crippen LogP contribution in [0.25, 0.3) is 11.1 Å². The predicted molar refractivity (Wildman–Crippen MR) is 121 cm³/mol. The number of hydrogen-bond acceptors (Lipinski definition) is 4. The van der Waals surface area contributed by atoms with E-state index >= 15 is 0 Å². The summed E-state index contributed by atoms with van der Waals surface area (Å²) in [4.78, 5) is 27.9. The first-order valence-corrected chi connectivity index (χ1v) is 11.6.